The van der Waals surface area contributed by atoms with Crippen molar-refractivity contribution >= 4 is 11.8 Å². The minimum absolute atomic E-state index is 0.00729. The average Bonchev–Trinajstić information content (AvgIpc) is 2.98. The van der Waals surface area contributed by atoms with Crippen molar-refractivity contribution in [2.45, 2.75) is 13.3 Å². The molecule has 0 saturated carbocycles. The second-order valence-electron chi connectivity index (χ2n) is 6.84. The van der Waals surface area contributed by atoms with Crippen LogP contribution in [0.3, 0.4) is 0 Å². The maximum absolute atomic E-state index is 13.2. The summed E-state index contributed by atoms with van der Waals surface area (Å²) in [4.78, 5) is 29.6. The molecule has 2 amide bonds. The van der Waals surface area contributed by atoms with Crippen LogP contribution < -0.4 is 9.47 Å². The number of benzene rings is 2. The van der Waals surface area contributed by atoms with Gasteiger partial charge in [0.2, 0.25) is 0 Å². The van der Waals surface area contributed by atoms with Gasteiger partial charge < -0.3 is 19.3 Å². The van der Waals surface area contributed by atoms with E-state index in [-0.39, 0.29) is 11.8 Å². The van der Waals surface area contributed by atoms with Crippen LogP contribution in [0, 0.1) is 6.92 Å². The number of nitrogens with zero attached hydrogens (tertiary/aromatic N) is 2. The number of rotatable bonds is 4. The third kappa shape index (κ3) is 4.11. The lowest BCUT2D eigenvalue weighted by molar-refractivity contribution is 0.0715. The predicted octanol–water partition coefficient (Wildman–Crippen LogP) is 3.00. The molecule has 3 rings (SSSR count). The maximum atomic E-state index is 13.2. The predicted molar refractivity (Wildman–Crippen MR) is 107 cm³/mol. The van der Waals surface area contributed by atoms with E-state index in [9.17, 15) is 9.59 Å². The van der Waals surface area contributed by atoms with Gasteiger partial charge in [-0.25, -0.2) is 0 Å². The summed E-state index contributed by atoms with van der Waals surface area (Å²) in [6.45, 7) is 4.14. The molecule has 1 aliphatic heterocycles. The number of amides is 2. The molecule has 2 aromatic carbocycles. The molecule has 1 aliphatic rings. The Labute approximate surface area is 165 Å². The molecule has 0 radical (unpaired) electrons. The Balaban J connectivity index is 1.75. The van der Waals surface area contributed by atoms with E-state index in [2.05, 4.69) is 0 Å². The van der Waals surface area contributed by atoms with Crippen LogP contribution in [0.5, 0.6) is 11.5 Å². The molecule has 2 aromatic rings. The Morgan fingerprint density at radius 1 is 0.821 bits per heavy atom. The molecule has 0 N–H and O–H groups in total. The van der Waals surface area contributed by atoms with Crippen molar-refractivity contribution in [1.29, 1.82) is 0 Å². The maximum Gasteiger partial charge on any atom is 0.261 e. The van der Waals surface area contributed by atoms with Crippen LogP contribution in [0.2, 0.25) is 0 Å². The lowest BCUT2D eigenvalue weighted by atomic mass is 10.1. The summed E-state index contributed by atoms with van der Waals surface area (Å²) in [5, 5.41) is 0. The van der Waals surface area contributed by atoms with Crippen LogP contribution in [-0.2, 0) is 0 Å². The Kier molecular flexibility index (Phi) is 6.19. The molecular weight excluding hydrogens is 356 g/mol. The third-order valence-electron chi connectivity index (χ3n) is 4.98. The van der Waals surface area contributed by atoms with Crippen LogP contribution >= 0.6 is 0 Å². The zero-order valence-electron chi connectivity index (χ0n) is 16.6. The molecule has 0 aliphatic carbocycles. The van der Waals surface area contributed by atoms with Gasteiger partial charge >= 0.3 is 0 Å². The van der Waals surface area contributed by atoms with Gasteiger partial charge in [-0.05, 0) is 37.6 Å². The van der Waals surface area contributed by atoms with E-state index in [0.717, 1.165) is 12.0 Å². The van der Waals surface area contributed by atoms with Gasteiger partial charge in [-0.2, -0.15) is 0 Å². The zero-order chi connectivity index (χ0) is 20.1. The molecule has 1 saturated heterocycles. The first kappa shape index (κ1) is 19.7. The lowest BCUT2D eigenvalue weighted by Crippen LogP contribution is -2.37. The summed E-state index contributed by atoms with van der Waals surface area (Å²) in [6, 6.07) is 12.9. The molecule has 1 heterocycles. The number of ether oxygens (including phenoxy) is 2. The smallest absolute Gasteiger partial charge is 0.261 e. The van der Waals surface area contributed by atoms with Crippen LogP contribution in [0.4, 0.5) is 0 Å². The van der Waals surface area contributed by atoms with E-state index in [1.54, 1.807) is 23.1 Å². The van der Waals surface area contributed by atoms with Crippen molar-refractivity contribution < 1.29 is 19.1 Å². The standard InChI is InChI=1S/C22H26N2O4/c1-16-7-4-8-17(15-16)21(25)23-11-6-12-24(14-13-23)22(26)20-18(27-2)9-5-10-19(20)28-3/h4-5,7-10,15H,6,11-14H2,1-3H3. The Bertz CT molecular complexity index is 843. The summed E-state index contributed by atoms with van der Waals surface area (Å²) in [5.41, 5.74) is 2.16. The number of hydrogen-bond donors (Lipinski definition) is 0. The zero-order valence-corrected chi connectivity index (χ0v) is 16.6. The second kappa shape index (κ2) is 8.78. The van der Waals surface area contributed by atoms with Crippen molar-refractivity contribution in [3.05, 3.63) is 59.2 Å². The summed E-state index contributed by atoms with van der Waals surface area (Å²) in [6.07, 6.45) is 0.723. The van der Waals surface area contributed by atoms with Crippen LogP contribution in [-0.4, -0.2) is 62.0 Å². The molecule has 0 atom stereocenters. The normalized spacial score (nSPS) is 14.4. The van der Waals surface area contributed by atoms with Gasteiger partial charge in [0.1, 0.15) is 17.1 Å². The van der Waals surface area contributed by atoms with Gasteiger partial charge in [0.25, 0.3) is 11.8 Å². The van der Waals surface area contributed by atoms with Gasteiger partial charge in [0, 0.05) is 31.7 Å². The van der Waals surface area contributed by atoms with Crippen LogP contribution in [0.1, 0.15) is 32.7 Å². The minimum atomic E-state index is -0.140. The highest BCUT2D eigenvalue weighted by atomic mass is 16.5. The molecule has 6 heteroatoms. The van der Waals surface area contributed by atoms with E-state index in [1.807, 2.05) is 36.1 Å². The topological polar surface area (TPSA) is 59.1 Å². The van der Waals surface area contributed by atoms with Gasteiger partial charge in [0.05, 0.1) is 14.2 Å². The highest BCUT2D eigenvalue weighted by molar-refractivity contribution is 6.00. The van der Waals surface area contributed by atoms with Gasteiger partial charge in [-0.1, -0.05) is 23.8 Å². The lowest BCUT2D eigenvalue weighted by Gasteiger charge is -2.23. The molecular formula is C22H26N2O4. The molecule has 0 spiro atoms. The van der Waals surface area contributed by atoms with E-state index in [4.69, 9.17) is 9.47 Å². The molecule has 0 bridgehead atoms. The number of carbonyl (C=O) groups excluding carboxylic acids is 2. The van der Waals surface area contributed by atoms with Crippen molar-refractivity contribution in [1.82, 2.24) is 9.80 Å². The Morgan fingerprint density at radius 2 is 1.39 bits per heavy atom. The van der Waals surface area contributed by atoms with Gasteiger partial charge in [0.15, 0.2) is 0 Å². The number of hydrogen-bond acceptors (Lipinski definition) is 4. The highest BCUT2D eigenvalue weighted by Gasteiger charge is 2.27. The van der Waals surface area contributed by atoms with E-state index in [0.29, 0.717) is 48.8 Å². The highest BCUT2D eigenvalue weighted by Crippen LogP contribution is 2.30. The molecule has 0 unspecified atom stereocenters. The summed E-state index contributed by atoms with van der Waals surface area (Å²) >= 11 is 0. The largest absolute Gasteiger partial charge is 0.496 e. The summed E-state index contributed by atoms with van der Waals surface area (Å²) in [5.74, 6) is 0.842. The van der Waals surface area contributed by atoms with Crippen LogP contribution in [0.25, 0.3) is 0 Å². The second-order valence-corrected chi connectivity index (χ2v) is 6.84. The first-order valence-electron chi connectivity index (χ1n) is 9.41. The first-order chi connectivity index (χ1) is 13.5. The van der Waals surface area contributed by atoms with E-state index < -0.39 is 0 Å². The fourth-order valence-corrected chi connectivity index (χ4v) is 3.50. The minimum Gasteiger partial charge on any atom is -0.496 e. The Hall–Kier alpha value is -3.02. The fourth-order valence-electron chi connectivity index (χ4n) is 3.50. The van der Waals surface area contributed by atoms with Crippen molar-refractivity contribution in [3.8, 4) is 11.5 Å². The molecule has 28 heavy (non-hydrogen) atoms. The van der Waals surface area contributed by atoms with Gasteiger partial charge in [-0.3, -0.25) is 9.59 Å². The van der Waals surface area contributed by atoms with Crippen molar-refractivity contribution in [2.24, 2.45) is 0 Å². The first-order valence-corrected chi connectivity index (χ1v) is 9.41. The van der Waals surface area contributed by atoms with Gasteiger partial charge in [-0.15, -0.1) is 0 Å². The number of carbonyl (C=O) groups is 2. The van der Waals surface area contributed by atoms with Crippen molar-refractivity contribution in [2.75, 3.05) is 40.4 Å². The summed E-state index contributed by atoms with van der Waals surface area (Å²) < 4.78 is 10.7. The average molecular weight is 382 g/mol. The SMILES string of the molecule is COc1cccc(OC)c1C(=O)N1CCCN(C(=O)c2cccc(C)c2)CC1. The molecule has 0 aromatic heterocycles. The fraction of sp³-hybridized carbons (Fsp3) is 0.364. The van der Waals surface area contributed by atoms with E-state index in [1.165, 1.54) is 14.2 Å². The Morgan fingerprint density at radius 3 is 1.96 bits per heavy atom. The molecule has 148 valence electrons. The monoisotopic (exact) mass is 382 g/mol. The van der Waals surface area contributed by atoms with Crippen LogP contribution in [0.15, 0.2) is 42.5 Å². The number of methoxy groups -OCH3 is 2. The quantitative estimate of drug-likeness (QED) is 0.816. The number of aryl methyl sites for hydroxylation is 1. The van der Waals surface area contributed by atoms with Crippen molar-refractivity contribution in [3.63, 3.8) is 0 Å². The summed E-state index contributed by atoms with van der Waals surface area (Å²) in [7, 11) is 3.08. The van der Waals surface area contributed by atoms with E-state index >= 15 is 0 Å². The molecule has 6 nitrogen and oxygen atoms in total. The molecule has 1 fully saturated rings. The third-order valence-corrected chi connectivity index (χ3v) is 4.98.